The van der Waals surface area contributed by atoms with Crippen molar-refractivity contribution in [3.05, 3.63) is 0 Å². The van der Waals surface area contributed by atoms with Crippen molar-refractivity contribution < 1.29 is 0 Å². The second-order valence-corrected chi connectivity index (χ2v) is 4.45. The van der Waals surface area contributed by atoms with Gasteiger partial charge in [-0.05, 0) is 6.42 Å². The maximum Gasteiger partial charge on any atom is 0.243 e. The highest BCUT2D eigenvalue weighted by molar-refractivity contribution is 5.29. The highest BCUT2D eigenvalue weighted by Gasteiger charge is 1.97. The first-order chi connectivity index (χ1) is 8.33. The van der Waals surface area contributed by atoms with Gasteiger partial charge in [-0.3, -0.25) is 0 Å². The van der Waals surface area contributed by atoms with E-state index in [1.54, 1.807) is 0 Å². The molecule has 5 heteroatoms. The number of nitrogens with zero attached hydrogens (tertiary/aromatic N) is 2. The molecule has 1 rings (SSSR count). The van der Waals surface area contributed by atoms with Crippen LogP contribution in [0.2, 0.25) is 0 Å². The number of hydrogen-bond donors (Lipinski definition) is 3. The van der Waals surface area contributed by atoms with Gasteiger partial charge in [0, 0.05) is 6.54 Å². The minimum atomic E-state index is 0.364. The van der Waals surface area contributed by atoms with Gasteiger partial charge < -0.3 is 11.1 Å². The molecule has 1 aromatic rings. The van der Waals surface area contributed by atoms with E-state index in [0.29, 0.717) is 11.9 Å². The van der Waals surface area contributed by atoms with E-state index < -0.39 is 0 Å². The van der Waals surface area contributed by atoms with Gasteiger partial charge in [-0.25, -0.2) is 5.10 Å². The van der Waals surface area contributed by atoms with Crippen molar-refractivity contribution in [3.63, 3.8) is 0 Å². The second-order valence-electron chi connectivity index (χ2n) is 4.45. The first-order valence-electron chi connectivity index (χ1n) is 6.74. The quantitative estimate of drug-likeness (QED) is 0.548. The number of rotatable bonds is 10. The number of nitrogen functional groups attached to an aromatic ring is 1. The van der Waals surface area contributed by atoms with Crippen LogP contribution in [0.1, 0.15) is 58.3 Å². The van der Waals surface area contributed by atoms with Crippen molar-refractivity contribution >= 4 is 11.9 Å². The predicted molar refractivity (Wildman–Crippen MR) is 71.9 cm³/mol. The molecule has 98 valence electrons. The van der Waals surface area contributed by atoms with Gasteiger partial charge in [0.05, 0.1) is 0 Å². The van der Waals surface area contributed by atoms with E-state index >= 15 is 0 Å². The van der Waals surface area contributed by atoms with Crippen molar-refractivity contribution in [2.45, 2.75) is 58.3 Å². The summed E-state index contributed by atoms with van der Waals surface area (Å²) in [6.07, 6.45) is 10.6. The minimum Gasteiger partial charge on any atom is -0.368 e. The lowest BCUT2D eigenvalue weighted by molar-refractivity contribution is 0.581. The zero-order chi connectivity index (χ0) is 12.3. The van der Waals surface area contributed by atoms with Crippen LogP contribution in [0.15, 0.2) is 0 Å². The molecule has 0 aliphatic heterocycles. The number of hydrogen-bond acceptors (Lipinski definition) is 4. The maximum absolute atomic E-state index is 5.42. The summed E-state index contributed by atoms with van der Waals surface area (Å²) >= 11 is 0. The van der Waals surface area contributed by atoms with Crippen LogP contribution < -0.4 is 11.1 Å². The highest BCUT2D eigenvalue weighted by atomic mass is 15.3. The van der Waals surface area contributed by atoms with Crippen LogP contribution in [-0.2, 0) is 0 Å². The van der Waals surface area contributed by atoms with Gasteiger partial charge in [0.2, 0.25) is 11.9 Å². The van der Waals surface area contributed by atoms with E-state index in [2.05, 4.69) is 27.4 Å². The lowest BCUT2D eigenvalue weighted by atomic mass is 10.1. The minimum absolute atomic E-state index is 0.364. The van der Waals surface area contributed by atoms with Crippen LogP contribution in [0, 0.1) is 0 Å². The molecule has 0 aliphatic rings. The second kappa shape index (κ2) is 8.84. The Morgan fingerprint density at radius 2 is 1.71 bits per heavy atom. The van der Waals surface area contributed by atoms with E-state index in [-0.39, 0.29) is 0 Å². The number of nitrogens with two attached hydrogens (primary N) is 1. The molecule has 0 radical (unpaired) electrons. The summed E-state index contributed by atoms with van der Waals surface area (Å²) in [5.74, 6) is 0.967. The van der Waals surface area contributed by atoms with Crippen molar-refractivity contribution in [2.75, 3.05) is 17.6 Å². The smallest absolute Gasteiger partial charge is 0.243 e. The molecule has 0 spiro atoms. The van der Waals surface area contributed by atoms with E-state index in [0.717, 1.165) is 6.54 Å². The molecule has 0 amide bonds. The van der Waals surface area contributed by atoms with Crippen molar-refractivity contribution in [1.29, 1.82) is 0 Å². The summed E-state index contributed by atoms with van der Waals surface area (Å²) in [5, 5.41) is 9.66. The fourth-order valence-electron chi connectivity index (χ4n) is 1.81. The molecule has 5 nitrogen and oxygen atoms in total. The molecule has 0 saturated heterocycles. The van der Waals surface area contributed by atoms with Gasteiger partial charge in [-0.1, -0.05) is 51.9 Å². The van der Waals surface area contributed by atoms with E-state index in [4.69, 9.17) is 5.73 Å². The van der Waals surface area contributed by atoms with Gasteiger partial charge >= 0.3 is 0 Å². The van der Waals surface area contributed by atoms with Gasteiger partial charge in [0.1, 0.15) is 0 Å². The summed E-state index contributed by atoms with van der Waals surface area (Å²) in [6.45, 7) is 3.17. The molecule has 0 atom stereocenters. The number of aromatic nitrogens is 3. The Kier molecular flexibility index (Phi) is 7.18. The average Bonchev–Trinajstić information content (AvgIpc) is 2.73. The molecule has 0 unspecified atom stereocenters. The highest BCUT2D eigenvalue weighted by Crippen LogP contribution is 2.08. The van der Waals surface area contributed by atoms with E-state index in [1.807, 2.05) is 0 Å². The Morgan fingerprint density at radius 1 is 1.06 bits per heavy atom. The zero-order valence-electron chi connectivity index (χ0n) is 10.8. The first kappa shape index (κ1) is 13.8. The number of anilines is 2. The third kappa shape index (κ3) is 6.81. The topological polar surface area (TPSA) is 79.6 Å². The van der Waals surface area contributed by atoms with Crippen LogP contribution in [0.4, 0.5) is 11.9 Å². The lowest BCUT2D eigenvalue weighted by Gasteiger charge is -2.02. The summed E-state index contributed by atoms with van der Waals surface area (Å²) in [6, 6.07) is 0. The van der Waals surface area contributed by atoms with Gasteiger partial charge in [-0.15, -0.1) is 5.10 Å². The molecule has 0 fully saturated rings. The molecular weight excluding hydrogens is 214 g/mol. The average molecular weight is 239 g/mol. The molecule has 0 aliphatic carbocycles. The molecule has 1 aromatic heterocycles. The SMILES string of the molecule is CCCCCCCCCCNc1n[nH]c(N)n1. The summed E-state index contributed by atoms with van der Waals surface area (Å²) in [4.78, 5) is 3.98. The molecule has 0 saturated carbocycles. The van der Waals surface area contributed by atoms with Crippen LogP contribution in [0.3, 0.4) is 0 Å². The maximum atomic E-state index is 5.42. The Bertz CT molecular complexity index is 284. The molecule has 17 heavy (non-hydrogen) atoms. The first-order valence-corrected chi connectivity index (χ1v) is 6.74. The van der Waals surface area contributed by atoms with Gasteiger partial charge in [0.25, 0.3) is 0 Å². The monoisotopic (exact) mass is 239 g/mol. The Hall–Kier alpha value is -1.26. The fraction of sp³-hybridized carbons (Fsp3) is 0.833. The van der Waals surface area contributed by atoms with Crippen LogP contribution in [0.5, 0.6) is 0 Å². The Labute approximate surface area is 104 Å². The zero-order valence-corrected chi connectivity index (χ0v) is 10.8. The number of H-pyrrole nitrogens is 1. The molecular formula is C12H25N5. The van der Waals surface area contributed by atoms with E-state index in [1.165, 1.54) is 51.4 Å². The number of aromatic amines is 1. The lowest BCUT2D eigenvalue weighted by Crippen LogP contribution is -2.03. The normalized spacial score (nSPS) is 10.6. The van der Waals surface area contributed by atoms with Crippen LogP contribution in [-0.4, -0.2) is 21.7 Å². The summed E-state index contributed by atoms with van der Waals surface area (Å²) in [5.41, 5.74) is 5.42. The largest absolute Gasteiger partial charge is 0.368 e. The van der Waals surface area contributed by atoms with Crippen molar-refractivity contribution in [2.24, 2.45) is 0 Å². The predicted octanol–water partition coefficient (Wildman–Crippen LogP) is 2.94. The number of unbranched alkanes of at least 4 members (excludes halogenated alkanes) is 7. The Balaban J connectivity index is 1.84. The number of nitrogens with one attached hydrogen (secondary N) is 2. The van der Waals surface area contributed by atoms with Gasteiger partial charge in [0.15, 0.2) is 0 Å². The van der Waals surface area contributed by atoms with Crippen LogP contribution >= 0.6 is 0 Å². The van der Waals surface area contributed by atoms with Crippen LogP contribution in [0.25, 0.3) is 0 Å². The summed E-state index contributed by atoms with van der Waals surface area (Å²) in [7, 11) is 0. The van der Waals surface area contributed by atoms with Crippen molar-refractivity contribution in [1.82, 2.24) is 15.2 Å². The van der Waals surface area contributed by atoms with E-state index in [9.17, 15) is 0 Å². The van der Waals surface area contributed by atoms with Crippen molar-refractivity contribution in [3.8, 4) is 0 Å². The molecule has 0 bridgehead atoms. The third-order valence-electron chi connectivity index (χ3n) is 2.82. The standard InChI is InChI=1S/C12H25N5/c1-2-3-4-5-6-7-8-9-10-14-12-15-11(13)16-17-12/h2-10H2,1H3,(H4,13,14,15,16,17). The molecule has 0 aromatic carbocycles. The third-order valence-corrected chi connectivity index (χ3v) is 2.82. The Morgan fingerprint density at radius 3 is 2.29 bits per heavy atom. The molecule has 1 heterocycles. The molecule has 4 N–H and O–H groups in total. The fourth-order valence-corrected chi connectivity index (χ4v) is 1.81. The van der Waals surface area contributed by atoms with Gasteiger partial charge in [-0.2, -0.15) is 4.98 Å². The summed E-state index contributed by atoms with van der Waals surface area (Å²) < 4.78 is 0.